The molecule has 0 N–H and O–H groups in total. The van der Waals surface area contributed by atoms with Crippen molar-refractivity contribution in [2.45, 2.75) is 25.6 Å². The lowest BCUT2D eigenvalue weighted by molar-refractivity contribution is 0.156. The van der Waals surface area contributed by atoms with Crippen LogP contribution >= 0.6 is 11.6 Å². The molecule has 1 heterocycles. The summed E-state index contributed by atoms with van der Waals surface area (Å²) in [6.07, 6.45) is 2.57. The fourth-order valence-electron chi connectivity index (χ4n) is 1.29. The Labute approximate surface area is 89.4 Å². The number of nitrogens with zero attached hydrogens (tertiary/aromatic N) is 1. The van der Waals surface area contributed by atoms with Crippen LogP contribution in [0.1, 0.15) is 30.9 Å². The largest absolute Gasteiger partial charge is 0.444 e. The number of rotatable bonds is 5. The molecule has 0 saturated carbocycles. The summed E-state index contributed by atoms with van der Waals surface area (Å²) in [5.74, 6) is 1.90. The number of methoxy groups -OCH3 is 1. The monoisotopic (exact) mass is 217 g/mol. The van der Waals surface area contributed by atoms with E-state index in [9.17, 15) is 0 Å². The number of oxazole rings is 1. The summed E-state index contributed by atoms with van der Waals surface area (Å²) in [6.45, 7) is 4.68. The highest BCUT2D eigenvalue weighted by Gasteiger charge is 2.11. The molecule has 0 aliphatic heterocycles. The summed E-state index contributed by atoms with van der Waals surface area (Å²) in [5, 5.41) is -0.165. The van der Waals surface area contributed by atoms with E-state index in [1.54, 1.807) is 13.3 Å². The van der Waals surface area contributed by atoms with Crippen LogP contribution in [0.15, 0.2) is 10.6 Å². The van der Waals surface area contributed by atoms with Crippen molar-refractivity contribution in [3.05, 3.63) is 17.8 Å². The van der Waals surface area contributed by atoms with Gasteiger partial charge in [0, 0.05) is 20.1 Å². The normalized spacial score (nSPS) is 15.4. The Morgan fingerprint density at radius 2 is 2.29 bits per heavy atom. The fourth-order valence-corrected chi connectivity index (χ4v) is 1.39. The zero-order valence-corrected chi connectivity index (χ0v) is 9.54. The van der Waals surface area contributed by atoms with Crippen LogP contribution in [0.4, 0.5) is 0 Å². The van der Waals surface area contributed by atoms with Gasteiger partial charge < -0.3 is 9.15 Å². The van der Waals surface area contributed by atoms with E-state index in [0.717, 1.165) is 18.8 Å². The van der Waals surface area contributed by atoms with Gasteiger partial charge in [-0.1, -0.05) is 6.92 Å². The molecule has 0 aromatic carbocycles. The molecule has 1 aromatic rings. The number of hydrogen-bond donors (Lipinski definition) is 0. The second kappa shape index (κ2) is 5.37. The molecule has 0 fully saturated rings. The third-order valence-electron chi connectivity index (χ3n) is 1.91. The summed E-state index contributed by atoms with van der Waals surface area (Å²) in [4.78, 5) is 4.09. The van der Waals surface area contributed by atoms with E-state index < -0.39 is 0 Å². The Balaban J connectivity index is 2.51. The van der Waals surface area contributed by atoms with E-state index in [1.807, 2.05) is 6.92 Å². The molecule has 0 aliphatic rings. The van der Waals surface area contributed by atoms with E-state index in [-0.39, 0.29) is 5.38 Å². The zero-order valence-electron chi connectivity index (χ0n) is 8.79. The molecule has 0 spiro atoms. The molecule has 0 bridgehead atoms. The topological polar surface area (TPSA) is 35.3 Å². The van der Waals surface area contributed by atoms with E-state index in [1.165, 1.54) is 0 Å². The summed E-state index contributed by atoms with van der Waals surface area (Å²) in [6, 6.07) is 0. The molecule has 0 radical (unpaired) electrons. The minimum Gasteiger partial charge on any atom is -0.444 e. The maximum absolute atomic E-state index is 5.83. The van der Waals surface area contributed by atoms with Crippen LogP contribution in [0.3, 0.4) is 0 Å². The van der Waals surface area contributed by atoms with Crippen molar-refractivity contribution in [3.8, 4) is 0 Å². The fraction of sp³-hybridized carbons (Fsp3) is 0.700. The van der Waals surface area contributed by atoms with Crippen LogP contribution in [0.5, 0.6) is 0 Å². The summed E-state index contributed by atoms with van der Waals surface area (Å²) in [7, 11) is 1.70. The molecule has 0 saturated heterocycles. The summed E-state index contributed by atoms with van der Waals surface area (Å²) < 4.78 is 10.5. The average molecular weight is 218 g/mol. The van der Waals surface area contributed by atoms with Crippen molar-refractivity contribution in [3.63, 3.8) is 0 Å². The van der Waals surface area contributed by atoms with Crippen LogP contribution in [-0.2, 0) is 11.2 Å². The molecule has 14 heavy (non-hydrogen) atoms. The third kappa shape index (κ3) is 3.31. The SMILES string of the molecule is COCC(C)Cc1cnc(C(C)Cl)o1. The van der Waals surface area contributed by atoms with Gasteiger partial charge in [-0.3, -0.25) is 0 Å². The van der Waals surface area contributed by atoms with Crippen molar-refractivity contribution >= 4 is 11.6 Å². The van der Waals surface area contributed by atoms with Crippen LogP contribution in [0, 0.1) is 5.92 Å². The van der Waals surface area contributed by atoms with Gasteiger partial charge >= 0.3 is 0 Å². The van der Waals surface area contributed by atoms with Gasteiger partial charge in [0.15, 0.2) is 0 Å². The van der Waals surface area contributed by atoms with Crippen molar-refractivity contribution in [2.75, 3.05) is 13.7 Å². The van der Waals surface area contributed by atoms with Gasteiger partial charge in [0.05, 0.1) is 6.20 Å². The van der Waals surface area contributed by atoms with Crippen molar-refractivity contribution < 1.29 is 9.15 Å². The van der Waals surface area contributed by atoms with Gasteiger partial charge in [0.1, 0.15) is 11.1 Å². The van der Waals surface area contributed by atoms with Gasteiger partial charge in [0.2, 0.25) is 5.89 Å². The number of ether oxygens (including phenoxy) is 1. The second-order valence-corrected chi connectivity index (χ2v) is 4.20. The van der Waals surface area contributed by atoms with Gasteiger partial charge in [0.25, 0.3) is 0 Å². The van der Waals surface area contributed by atoms with E-state index in [4.69, 9.17) is 20.8 Å². The first kappa shape index (κ1) is 11.5. The van der Waals surface area contributed by atoms with E-state index in [2.05, 4.69) is 11.9 Å². The maximum Gasteiger partial charge on any atom is 0.212 e. The first-order chi connectivity index (χ1) is 6.63. The first-order valence-corrected chi connectivity index (χ1v) is 5.14. The molecule has 1 rings (SSSR count). The Morgan fingerprint density at radius 3 is 2.79 bits per heavy atom. The Kier molecular flexibility index (Phi) is 4.42. The molecular formula is C10H16ClNO2. The zero-order chi connectivity index (χ0) is 10.6. The number of alkyl halides is 1. The van der Waals surface area contributed by atoms with Crippen LogP contribution in [-0.4, -0.2) is 18.7 Å². The molecule has 2 atom stereocenters. The number of aromatic nitrogens is 1. The second-order valence-electron chi connectivity index (χ2n) is 3.55. The van der Waals surface area contributed by atoms with Gasteiger partial charge in [-0.25, -0.2) is 4.98 Å². The van der Waals surface area contributed by atoms with Gasteiger partial charge in [-0.05, 0) is 12.8 Å². The number of hydrogen-bond acceptors (Lipinski definition) is 3. The molecule has 4 heteroatoms. The lowest BCUT2D eigenvalue weighted by Gasteiger charge is -2.06. The van der Waals surface area contributed by atoms with Crippen LogP contribution in [0.25, 0.3) is 0 Å². The highest BCUT2D eigenvalue weighted by molar-refractivity contribution is 6.20. The average Bonchev–Trinajstić information content (AvgIpc) is 2.53. The highest BCUT2D eigenvalue weighted by Crippen LogP contribution is 2.20. The van der Waals surface area contributed by atoms with Crippen molar-refractivity contribution in [1.29, 1.82) is 0 Å². The molecule has 1 aromatic heterocycles. The quantitative estimate of drug-likeness (QED) is 0.712. The standard InChI is InChI=1S/C10H16ClNO2/c1-7(6-13-3)4-9-5-12-10(14-9)8(2)11/h5,7-8H,4,6H2,1-3H3. The summed E-state index contributed by atoms with van der Waals surface area (Å²) >= 11 is 5.83. The Hall–Kier alpha value is -0.540. The highest BCUT2D eigenvalue weighted by atomic mass is 35.5. The smallest absolute Gasteiger partial charge is 0.212 e. The predicted molar refractivity (Wildman–Crippen MR) is 55.5 cm³/mol. The summed E-state index contributed by atoms with van der Waals surface area (Å²) in [5.41, 5.74) is 0. The minimum atomic E-state index is -0.165. The predicted octanol–water partition coefficient (Wildman–Crippen LogP) is 2.80. The lowest BCUT2D eigenvalue weighted by Crippen LogP contribution is -2.06. The van der Waals surface area contributed by atoms with Crippen molar-refractivity contribution in [2.24, 2.45) is 5.92 Å². The third-order valence-corrected chi connectivity index (χ3v) is 2.10. The molecule has 3 nitrogen and oxygen atoms in total. The Bertz CT molecular complexity index is 273. The minimum absolute atomic E-state index is 0.165. The maximum atomic E-state index is 5.83. The molecule has 2 unspecified atom stereocenters. The van der Waals surface area contributed by atoms with Crippen LogP contribution < -0.4 is 0 Å². The van der Waals surface area contributed by atoms with Gasteiger partial charge in [-0.2, -0.15) is 0 Å². The molecule has 0 amide bonds. The molecular weight excluding hydrogens is 202 g/mol. The van der Waals surface area contributed by atoms with Gasteiger partial charge in [-0.15, -0.1) is 11.6 Å². The van der Waals surface area contributed by atoms with Crippen molar-refractivity contribution in [1.82, 2.24) is 4.98 Å². The first-order valence-electron chi connectivity index (χ1n) is 4.71. The molecule has 0 aliphatic carbocycles. The lowest BCUT2D eigenvalue weighted by atomic mass is 10.1. The van der Waals surface area contributed by atoms with E-state index in [0.29, 0.717) is 11.8 Å². The Morgan fingerprint density at radius 1 is 1.57 bits per heavy atom. The van der Waals surface area contributed by atoms with E-state index >= 15 is 0 Å². The number of halogens is 1. The molecule has 80 valence electrons. The van der Waals surface area contributed by atoms with Crippen LogP contribution in [0.2, 0.25) is 0 Å².